The Balaban J connectivity index is 1.47. The summed E-state index contributed by atoms with van der Waals surface area (Å²) >= 11 is 0. The van der Waals surface area contributed by atoms with Crippen LogP contribution < -0.4 is 10.2 Å². The van der Waals surface area contributed by atoms with Crippen LogP contribution in [-0.2, 0) is 9.59 Å². The molecule has 1 saturated carbocycles. The number of aryl methyl sites for hydroxylation is 1. The molecule has 1 saturated heterocycles. The van der Waals surface area contributed by atoms with E-state index in [0.29, 0.717) is 13.0 Å². The molecule has 6 nitrogen and oxygen atoms in total. The van der Waals surface area contributed by atoms with Crippen molar-refractivity contribution in [3.8, 4) is 0 Å². The van der Waals surface area contributed by atoms with Crippen molar-refractivity contribution in [2.45, 2.75) is 20.3 Å². The van der Waals surface area contributed by atoms with Crippen LogP contribution in [0.5, 0.6) is 0 Å². The van der Waals surface area contributed by atoms with Gasteiger partial charge < -0.3 is 20.0 Å². The van der Waals surface area contributed by atoms with Gasteiger partial charge in [0.25, 0.3) is 0 Å². The van der Waals surface area contributed by atoms with Gasteiger partial charge in [-0.15, -0.1) is 0 Å². The van der Waals surface area contributed by atoms with Crippen molar-refractivity contribution in [3.63, 3.8) is 0 Å². The molecule has 0 radical (unpaired) electrons. The first-order valence-electron chi connectivity index (χ1n) is 9.91. The highest BCUT2D eigenvalue weighted by molar-refractivity contribution is 5.92. The quantitative estimate of drug-likeness (QED) is 0.817. The zero-order valence-electron chi connectivity index (χ0n) is 17.0. The van der Waals surface area contributed by atoms with Gasteiger partial charge in [-0.05, 0) is 51.6 Å². The van der Waals surface area contributed by atoms with Crippen molar-refractivity contribution in [2.24, 2.45) is 11.8 Å². The zero-order valence-corrected chi connectivity index (χ0v) is 17.0. The topological polar surface area (TPSA) is 55.9 Å². The van der Waals surface area contributed by atoms with Crippen LogP contribution in [0.15, 0.2) is 18.2 Å². The number of amides is 2. The van der Waals surface area contributed by atoms with Gasteiger partial charge in [-0.2, -0.15) is 0 Å². The minimum Gasteiger partial charge on any atom is -0.368 e. The number of carbonyl (C=O) groups is 2. The maximum Gasteiger partial charge on any atom is 0.226 e. The van der Waals surface area contributed by atoms with E-state index in [-0.39, 0.29) is 23.7 Å². The molecule has 2 aliphatic rings. The Hall–Kier alpha value is -2.08. The smallest absolute Gasteiger partial charge is 0.226 e. The molecule has 0 aromatic heterocycles. The molecular formula is C21H32N4O2. The molecule has 2 atom stereocenters. The molecule has 1 aliphatic carbocycles. The third-order valence-corrected chi connectivity index (χ3v) is 5.81. The van der Waals surface area contributed by atoms with E-state index in [1.54, 1.807) is 0 Å². The summed E-state index contributed by atoms with van der Waals surface area (Å²) in [6.07, 6.45) is 0.698. The molecule has 0 spiro atoms. The molecule has 1 aromatic rings. The van der Waals surface area contributed by atoms with E-state index in [1.165, 1.54) is 16.8 Å². The van der Waals surface area contributed by atoms with Gasteiger partial charge >= 0.3 is 0 Å². The molecule has 3 rings (SSSR count). The lowest BCUT2D eigenvalue weighted by molar-refractivity contribution is -0.135. The summed E-state index contributed by atoms with van der Waals surface area (Å²) in [5.74, 6) is -0.0547. The number of benzene rings is 1. The second-order valence-corrected chi connectivity index (χ2v) is 8.07. The lowest BCUT2D eigenvalue weighted by Crippen LogP contribution is -2.49. The molecular weight excluding hydrogens is 340 g/mol. The van der Waals surface area contributed by atoms with Crippen LogP contribution in [-0.4, -0.2) is 75.0 Å². The van der Waals surface area contributed by atoms with E-state index in [0.717, 1.165) is 32.7 Å². The molecule has 2 unspecified atom stereocenters. The Kier molecular flexibility index (Phi) is 6.05. The first-order chi connectivity index (χ1) is 12.9. The largest absolute Gasteiger partial charge is 0.368 e. The van der Waals surface area contributed by atoms with Crippen LogP contribution in [0.2, 0.25) is 0 Å². The Morgan fingerprint density at radius 1 is 1.11 bits per heavy atom. The van der Waals surface area contributed by atoms with Crippen LogP contribution in [0.25, 0.3) is 0 Å². The van der Waals surface area contributed by atoms with Gasteiger partial charge in [0.2, 0.25) is 11.8 Å². The van der Waals surface area contributed by atoms with E-state index in [4.69, 9.17) is 0 Å². The standard InChI is InChI=1S/C21H32N4O2/c1-15-6-5-7-19(16(15)2)24-10-12-25(13-11-24)21(27)18-14-17(18)20(26)22-8-9-23(3)4/h5-7,17-18H,8-14H2,1-4H3,(H,22,26). The molecule has 1 aliphatic heterocycles. The van der Waals surface area contributed by atoms with Gasteiger partial charge in [0.15, 0.2) is 0 Å². The van der Waals surface area contributed by atoms with Crippen molar-refractivity contribution in [1.82, 2.24) is 15.1 Å². The maximum absolute atomic E-state index is 12.7. The third kappa shape index (κ3) is 4.61. The van der Waals surface area contributed by atoms with Crippen LogP contribution in [0, 0.1) is 25.7 Å². The number of hydrogen-bond donors (Lipinski definition) is 1. The van der Waals surface area contributed by atoms with Gasteiger partial charge in [-0.25, -0.2) is 0 Å². The first kappa shape index (κ1) is 19.7. The highest BCUT2D eigenvalue weighted by Crippen LogP contribution is 2.40. The predicted octanol–water partition coefficient (Wildman–Crippen LogP) is 1.27. The molecule has 0 bridgehead atoms. The molecule has 148 valence electrons. The fourth-order valence-electron chi connectivity index (χ4n) is 3.77. The number of anilines is 1. The van der Waals surface area contributed by atoms with Crippen molar-refractivity contribution >= 4 is 17.5 Å². The van der Waals surface area contributed by atoms with Crippen molar-refractivity contribution in [2.75, 3.05) is 58.3 Å². The van der Waals surface area contributed by atoms with Crippen LogP contribution in [0.1, 0.15) is 17.5 Å². The highest BCUT2D eigenvalue weighted by Gasteiger charge is 2.49. The number of rotatable bonds is 6. The molecule has 1 heterocycles. The second kappa shape index (κ2) is 8.30. The lowest BCUT2D eigenvalue weighted by atomic mass is 10.1. The Morgan fingerprint density at radius 3 is 2.48 bits per heavy atom. The van der Waals surface area contributed by atoms with Gasteiger partial charge in [-0.3, -0.25) is 9.59 Å². The maximum atomic E-state index is 12.7. The first-order valence-corrected chi connectivity index (χ1v) is 9.91. The average molecular weight is 373 g/mol. The summed E-state index contributed by atoms with van der Waals surface area (Å²) in [5, 5.41) is 2.94. The van der Waals surface area contributed by atoms with Gasteiger partial charge in [0.05, 0.1) is 11.8 Å². The van der Waals surface area contributed by atoms with E-state index in [9.17, 15) is 9.59 Å². The number of nitrogens with zero attached hydrogens (tertiary/aromatic N) is 3. The number of nitrogens with one attached hydrogen (secondary N) is 1. The zero-order chi connectivity index (χ0) is 19.6. The summed E-state index contributed by atoms with van der Waals surface area (Å²) in [6, 6.07) is 6.39. The van der Waals surface area contributed by atoms with Gasteiger partial charge in [0.1, 0.15) is 0 Å². The van der Waals surface area contributed by atoms with Gasteiger partial charge in [0, 0.05) is 45.0 Å². The Bertz CT molecular complexity index is 695. The fourth-order valence-corrected chi connectivity index (χ4v) is 3.77. The van der Waals surface area contributed by atoms with Crippen LogP contribution in [0.3, 0.4) is 0 Å². The van der Waals surface area contributed by atoms with E-state index >= 15 is 0 Å². The summed E-state index contributed by atoms with van der Waals surface area (Å²) in [7, 11) is 3.96. The van der Waals surface area contributed by atoms with Crippen molar-refractivity contribution < 1.29 is 9.59 Å². The molecule has 1 N–H and O–H groups in total. The summed E-state index contributed by atoms with van der Waals surface area (Å²) in [6.45, 7) is 8.91. The molecule has 27 heavy (non-hydrogen) atoms. The van der Waals surface area contributed by atoms with E-state index < -0.39 is 0 Å². The average Bonchev–Trinajstić information content (AvgIpc) is 3.44. The lowest BCUT2D eigenvalue weighted by Gasteiger charge is -2.37. The molecule has 2 fully saturated rings. The number of carbonyl (C=O) groups excluding carboxylic acids is 2. The SMILES string of the molecule is Cc1cccc(N2CCN(C(=O)C3CC3C(=O)NCCN(C)C)CC2)c1C. The highest BCUT2D eigenvalue weighted by atomic mass is 16.2. The predicted molar refractivity (Wildman–Crippen MR) is 108 cm³/mol. The second-order valence-electron chi connectivity index (χ2n) is 8.07. The fraction of sp³-hybridized carbons (Fsp3) is 0.619. The van der Waals surface area contributed by atoms with Crippen molar-refractivity contribution in [1.29, 1.82) is 0 Å². The molecule has 2 amide bonds. The number of hydrogen-bond acceptors (Lipinski definition) is 4. The Labute approximate surface area is 162 Å². The van der Waals surface area contributed by atoms with Crippen LogP contribution >= 0.6 is 0 Å². The summed E-state index contributed by atoms with van der Waals surface area (Å²) in [5.41, 5.74) is 3.88. The van der Waals surface area contributed by atoms with E-state index in [1.807, 2.05) is 23.9 Å². The number of likely N-dealkylation sites (N-methyl/N-ethyl adjacent to an activating group) is 1. The van der Waals surface area contributed by atoms with Gasteiger partial charge in [-0.1, -0.05) is 12.1 Å². The minimum atomic E-state index is -0.128. The molecule has 1 aromatic carbocycles. The number of piperazine rings is 1. The molecule has 6 heteroatoms. The summed E-state index contributed by atoms with van der Waals surface area (Å²) in [4.78, 5) is 31.3. The third-order valence-electron chi connectivity index (χ3n) is 5.81. The van der Waals surface area contributed by atoms with Crippen molar-refractivity contribution in [3.05, 3.63) is 29.3 Å². The van der Waals surface area contributed by atoms with E-state index in [2.05, 4.69) is 42.3 Å². The monoisotopic (exact) mass is 372 g/mol. The summed E-state index contributed by atoms with van der Waals surface area (Å²) < 4.78 is 0. The Morgan fingerprint density at radius 2 is 1.81 bits per heavy atom. The normalized spacial score (nSPS) is 22.1. The van der Waals surface area contributed by atoms with Crippen LogP contribution in [0.4, 0.5) is 5.69 Å². The minimum absolute atomic E-state index is 0.0317.